The topological polar surface area (TPSA) is 51.8 Å². The number of benzene rings is 1. The number of hydrogen-bond donors (Lipinski definition) is 1. The smallest absolute Gasteiger partial charge is 0.0674 e. The lowest BCUT2D eigenvalue weighted by Gasteiger charge is -2.00. The third-order valence-electron chi connectivity index (χ3n) is 1.96. The van der Waals surface area contributed by atoms with Crippen LogP contribution in [0.2, 0.25) is 0 Å². The van der Waals surface area contributed by atoms with Crippen molar-refractivity contribution in [2.24, 2.45) is 0 Å². The third-order valence-corrected chi connectivity index (χ3v) is 1.96. The normalized spacial score (nSPS) is 10.0. The Kier molecular flexibility index (Phi) is 2.40. The van der Waals surface area contributed by atoms with E-state index in [4.69, 9.17) is 5.73 Å². The van der Waals surface area contributed by atoms with E-state index >= 15 is 0 Å². The maximum Gasteiger partial charge on any atom is 0.0674 e. The number of aromatic nitrogens is 2. The molecule has 0 amide bonds. The molecule has 2 N–H and O–H groups in total. The summed E-state index contributed by atoms with van der Waals surface area (Å²) in [6.07, 6.45) is 2.45. The van der Waals surface area contributed by atoms with Gasteiger partial charge >= 0.3 is 0 Å². The first kappa shape index (κ1) is 8.69. The summed E-state index contributed by atoms with van der Waals surface area (Å²) in [7, 11) is 0. The highest BCUT2D eigenvalue weighted by molar-refractivity contribution is 5.41. The van der Waals surface area contributed by atoms with Crippen LogP contribution in [0.1, 0.15) is 11.3 Å². The number of nitrogens with zero attached hydrogens (tertiary/aromatic N) is 2. The van der Waals surface area contributed by atoms with Crippen molar-refractivity contribution < 1.29 is 0 Å². The van der Waals surface area contributed by atoms with Gasteiger partial charge in [-0.15, -0.1) is 0 Å². The molecular formula is C11H11N3. The Hall–Kier alpha value is -1.90. The molecule has 2 rings (SSSR count). The van der Waals surface area contributed by atoms with Crippen LogP contribution in [0.5, 0.6) is 0 Å². The molecule has 0 aliphatic rings. The van der Waals surface area contributed by atoms with Gasteiger partial charge in [0.1, 0.15) is 0 Å². The van der Waals surface area contributed by atoms with Crippen molar-refractivity contribution >= 4 is 5.69 Å². The molecule has 0 saturated heterocycles. The largest absolute Gasteiger partial charge is 0.399 e. The van der Waals surface area contributed by atoms with Crippen LogP contribution in [0.4, 0.5) is 5.69 Å². The van der Waals surface area contributed by atoms with E-state index in [-0.39, 0.29) is 0 Å². The molecule has 0 radical (unpaired) electrons. The van der Waals surface area contributed by atoms with Gasteiger partial charge in [-0.1, -0.05) is 12.1 Å². The van der Waals surface area contributed by atoms with Crippen molar-refractivity contribution in [3.63, 3.8) is 0 Å². The quantitative estimate of drug-likeness (QED) is 0.724. The van der Waals surface area contributed by atoms with Gasteiger partial charge in [-0.3, -0.25) is 0 Å². The van der Waals surface area contributed by atoms with E-state index in [1.807, 2.05) is 36.4 Å². The van der Waals surface area contributed by atoms with Gasteiger partial charge in [0.15, 0.2) is 0 Å². The van der Waals surface area contributed by atoms with Crippen LogP contribution in [-0.4, -0.2) is 10.2 Å². The molecule has 3 heteroatoms. The second kappa shape index (κ2) is 3.87. The third kappa shape index (κ3) is 2.07. The van der Waals surface area contributed by atoms with Gasteiger partial charge < -0.3 is 5.73 Å². The lowest BCUT2D eigenvalue weighted by molar-refractivity contribution is 0.937. The monoisotopic (exact) mass is 185 g/mol. The minimum absolute atomic E-state index is 0.777. The van der Waals surface area contributed by atoms with Gasteiger partial charge in [0, 0.05) is 18.3 Å². The molecule has 0 saturated carbocycles. The molecule has 0 bridgehead atoms. The molecule has 1 heterocycles. The molecule has 70 valence electrons. The lowest BCUT2D eigenvalue weighted by atomic mass is 10.1. The summed E-state index contributed by atoms with van der Waals surface area (Å²) in [5.41, 5.74) is 8.57. The standard InChI is InChI=1S/C11H11N3/c12-10-4-1-3-9(7-10)8-11-5-2-6-13-14-11/h1-7H,8,12H2. The zero-order valence-electron chi connectivity index (χ0n) is 7.72. The summed E-state index contributed by atoms with van der Waals surface area (Å²) in [6, 6.07) is 11.6. The summed E-state index contributed by atoms with van der Waals surface area (Å²) in [6.45, 7) is 0. The molecule has 0 aliphatic carbocycles. The number of nitrogen functional groups attached to an aromatic ring is 1. The fourth-order valence-electron chi connectivity index (χ4n) is 1.34. The number of nitrogens with two attached hydrogens (primary N) is 1. The Labute approximate surface area is 82.6 Å². The first-order chi connectivity index (χ1) is 6.84. The van der Waals surface area contributed by atoms with Crippen LogP contribution in [0, 0.1) is 0 Å². The van der Waals surface area contributed by atoms with Crippen LogP contribution in [0.3, 0.4) is 0 Å². The maximum atomic E-state index is 5.68. The number of hydrogen-bond acceptors (Lipinski definition) is 3. The average molecular weight is 185 g/mol. The molecule has 0 fully saturated rings. The molecule has 1 aromatic heterocycles. The molecule has 0 spiro atoms. The average Bonchev–Trinajstić information content (AvgIpc) is 2.19. The Morgan fingerprint density at radius 1 is 1.14 bits per heavy atom. The van der Waals surface area contributed by atoms with E-state index in [2.05, 4.69) is 10.2 Å². The van der Waals surface area contributed by atoms with Crippen LogP contribution in [0.25, 0.3) is 0 Å². The van der Waals surface area contributed by atoms with E-state index in [0.29, 0.717) is 0 Å². The summed E-state index contributed by atoms with van der Waals surface area (Å²) >= 11 is 0. The molecule has 2 aromatic rings. The molecule has 0 unspecified atom stereocenters. The van der Waals surface area contributed by atoms with Crippen LogP contribution in [-0.2, 0) is 6.42 Å². The second-order valence-corrected chi connectivity index (χ2v) is 3.14. The second-order valence-electron chi connectivity index (χ2n) is 3.14. The van der Waals surface area contributed by atoms with Gasteiger partial charge in [-0.25, -0.2) is 0 Å². The van der Waals surface area contributed by atoms with Gasteiger partial charge in [-0.05, 0) is 29.8 Å². The van der Waals surface area contributed by atoms with Gasteiger partial charge in [0.2, 0.25) is 0 Å². The van der Waals surface area contributed by atoms with Gasteiger partial charge in [-0.2, -0.15) is 10.2 Å². The lowest BCUT2D eigenvalue weighted by Crippen LogP contribution is -1.94. The first-order valence-electron chi connectivity index (χ1n) is 4.45. The van der Waals surface area contributed by atoms with Crippen LogP contribution >= 0.6 is 0 Å². The van der Waals surface area contributed by atoms with Crippen LogP contribution < -0.4 is 5.73 Å². The van der Waals surface area contributed by atoms with E-state index in [9.17, 15) is 0 Å². The SMILES string of the molecule is Nc1cccc(Cc2cccnn2)c1. The van der Waals surface area contributed by atoms with Crippen molar-refractivity contribution in [1.29, 1.82) is 0 Å². The Balaban J connectivity index is 2.19. The van der Waals surface area contributed by atoms with E-state index in [1.54, 1.807) is 6.20 Å². The predicted octanol–water partition coefficient (Wildman–Crippen LogP) is 1.65. The molecule has 14 heavy (non-hydrogen) atoms. The minimum Gasteiger partial charge on any atom is -0.399 e. The van der Waals surface area contributed by atoms with Crippen molar-refractivity contribution in [2.45, 2.75) is 6.42 Å². The van der Waals surface area contributed by atoms with Crippen molar-refractivity contribution in [3.8, 4) is 0 Å². The molecular weight excluding hydrogens is 174 g/mol. The van der Waals surface area contributed by atoms with E-state index in [1.165, 1.54) is 0 Å². The Morgan fingerprint density at radius 2 is 2.07 bits per heavy atom. The Bertz CT molecular complexity index is 412. The summed E-state index contributed by atoms with van der Waals surface area (Å²) in [5, 5.41) is 7.83. The zero-order chi connectivity index (χ0) is 9.80. The Morgan fingerprint density at radius 3 is 2.79 bits per heavy atom. The van der Waals surface area contributed by atoms with Crippen molar-refractivity contribution in [3.05, 3.63) is 53.9 Å². The van der Waals surface area contributed by atoms with Crippen LogP contribution in [0.15, 0.2) is 42.6 Å². The van der Waals surface area contributed by atoms with Gasteiger partial charge in [0.05, 0.1) is 5.69 Å². The predicted molar refractivity (Wildman–Crippen MR) is 55.7 cm³/mol. The van der Waals surface area contributed by atoms with E-state index in [0.717, 1.165) is 23.4 Å². The van der Waals surface area contributed by atoms with Gasteiger partial charge in [0.25, 0.3) is 0 Å². The highest BCUT2D eigenvalue weighted by Gasteiger charge is 1.97. The fourth-order valence-corrected chi connectivity index (χ4v) is 1.34. The van der Waals surface area contributed by atoms with E-state index < -0.39 is 0 Å². The number of anilines is 1. The summed E-state index contributed by atoms with van der Waals surface area (Å²) < 4.78 is 0. The fraction of sp³-hybridized carbons (Fsp3) is 0.0909. The summed E-state index contributed by atoms with van der Waals surface area (Å²) in [5.74, 6) is 0. The highest BCUT2D eigenvalue weighted by atomic mass is 15.1. The van der Waals surface area contributed by atoms with Crippen molar-refractivity contribution in [2.75, 3.05) is 5.73 Å². The molecule has 0 aliphatic heterocycles. The molecule has 0 atom stereocenters. The zero-order valence-corrected chi connectivity index (χ0v) is 7.72. The number of rotatable bonds is 2. The minimum atomic E-state index is 0.777. The maximum absolute atomic E-state index is 5.68. The molecule has 1 aromatic carbocycles. The molecule has 3 nitrogen and oxygen atoms in total. The highest BCUT2D eigenvalue weighted by Crippen LogP contribution is 2.10. The van der Waals surface area contributed by atoms with Crippen molar-refractivity contribution in [1.82, 2.24) is 10.2 Å². The first-order valence-corrected chi connectivity index (χ1v) is 4.45. The summed E-state index contributed by atoms with van der Waals surface area (Å²) in [4.78, 5) is 0.